The summed E-state index contributed by atoms with van der Waals surface area (Å²) in [5.41, 5.74) is 2.62. The van der Waals surface area contributed by atoms with Gasteiger partial charge in [0.1, 0.15) is 16.5 Å². The molecule has 4 rings (SSSR count). The quantitative estimate of drug-likeness (QED) is 0.736. The van der Waals surface area contributed by atoms with Crippen molar-refractivity contribution >= 4 is 10.0 Å². The van der Waals surface area contributed by atoms with Gasteiger partial charge in [-0.2, -0.15) is 9.40 Å². The Balaban J connectivity index is 1.63. The Labute approximate surface area is 144 Å². The monoisotopic (exact) mass is 359 g/mol. The van der Waals surface area contributed by atoms with Crippen molar-refractivity contribution in [1.29, 1.82) is 0 Å². The van der Waals surface area contributed by atoms with Crippen LogP contribution in [0.2, 0.25) is 0 Å². The lowest BCUT2D eigenvalue weighted by Crippen LogP contribution is -2.35. The number of imidazole rings is 1. The molecule has 0 unspecified atom stereocenters. The Morgan fingerprint density at radius 3 is 2.96 bits per heavy atom. The first-order valence-electron chi connectivity index (χ1n) is 7.79. The highest BCUT2D eigenvalue weighted by atomic mass is 32.2. The summed E-state index contributed by atoms with van der Waals surface area (Å²) in [6, 6.07) is 7.59. The molecule has 25 heavy (non-hydrogen) atoms. The summed E-state index contributed by atoms with van der Waals surface area (Å²) < 4.78 is 31.9. The van der Waals surface area contributed by atoms with Crippen LogP contribution in [0.5, 0.6) is 5.75 Å². The Morgan fingerprint density at radius 2 is 2.20 bits per heavy atom. The van der Waals surface area contributed by atoms with E-state index >= 15 is 0 Å². The maximum absolute atomic E-state index is 12.6. The van der Waals surface area contributed by atoms with Crippen LogP contribution in [0.15, 0.2) is 41.6 Å². The smallest absolute Gasteiger partial charge is 0.246 e. The molecule has 3 aromatic rings. The number of fused-ring (bicyclic) bond motifs is 1. The minimum atomic E-state index is -3.56. The third kappa shape index (κ3) is 2.81. The number of benzene rings is 1. The van der Waals surface area contributed by atoms with Crippen molar-refractivity contribution in [3.05, 3.63) is 48.0 Å². The van der Waals surface area contributed by atoms with E-state index in [2.05, 4.69) is 20.2 Å². The molecule has 1 aliphatic rings. The Hall–Kier alpha value is -2.65. The van der Waals surface area contributed by atoms with Crippen LogP contribution in [-0.4, -0.2) is 46.5 Å². The summed E-state index contributed by atoms with van der Waals surface area (Å²) in [6.07, 6.45) is 3.27. The Kier molecular flexibility index (Phi) is 3.81. The first-order valence-corrected chi connectivity index (χ1v) is 9.23. The molecule has 130 valence electrons. The normalized spacial score (nSPS) is 15.1. The highest BCUT2D eigenvalue weighted by Gasteiger charge is 2.30. The number of H-pyrrole nitrogens is 2. The fourth-order valence-electron chi connectivity index (χ4n) is 2.91. The second kappa shape index (κ2) is 6.01. The third-order valence-electron chi connectivity index (χ3n) is 4.25. The topological polar surface area (TPSA) is 104 Å². The summed E-state index contributed by atoms with van der Waals surface area (Å²) in [5.74, 6) is 1.46. The highest BCUT2D eigenvalue weighted by Crippen LogP contribution is 2.27. The van der Waals surface area contributed by atoms with Crippen molar-refractivity contribution in [2.45, 2.75) is 17.9 Å². The molecule has 2 N–H and O–H groups in total. The van der Waals surface area contributed by atoms with Gasteiger partial charge in [-0.15, -0.1) is 0 Å². The van der Waals surface area contributed by atoms with Crippen LogP contribution in [0.3, 0.4) is 0 Å². The predicted molar refractivity (Wildman–Crippen MR) is 90.5 cm³/mol. The van der Waals surface area contributed by atoms with Gasteiger partial charge in [-0.3, -0.25) is 5.10 Å². The number of ether oxygens (including phenoxy) is 1. The van der Waals surface area contributed by atoms with Crippen LogP contribution in [0, 0.1) is 0 Å². The van der Waals surface area contributed by atoms with Gasteiger partial charge in [-0.1, -0.05) is 12.1 Å². The van der Waals surface area contributed by atoms with E-state index in [0.29, 0.717) is 18.8 Å². The zero-order chi connectivity index (χ0) is 17.4. The van der Waals surface area contributed by atoms with Gasteiger partial charge in [0, 0.05) is 24.7 Å². The van der Waals surface area contributed by atoms with Gasteiger partial charge < -0.3 is 9.72 Å². The SMILES string of the molecule is COc1cccc(-c2nc3c([nH]2)CN(S(=O)(=O)c2cn[nH]c2)CC3)c1. The molecular weight excluding hydrogens is 342 g/mol. The second-order valence-corrected chi connectivity index (χ2v) is 7.70. The van der Waals surface area contributed by atoms with Gasteiger partial charge in [-0.05, 0) is 12.1 Å². The third-order valence-corrected chi connectivity index (χ3v) is 6.06. The highest BCUT2D eigenvalue weighted by molar-refractivity contribution is 7.89. The van der Waals surface area contributed by atoms with Gasteiger partial charge in [-0.25, -0.2) is 13.4 Å². The standard InChI is InChI=1S/C16H17N5O3S/c1-24-12-4-2-3-11(7-12)16-19-14-5-6-21(10-15(14)20-16)25(22,23)13-8-17-18-9-13/h2-4,7-9H,5-6,10H2,1H3,(H,17,18)(H,19,20). The maximum Gasteiger partial charge on any atom is 0.246 e. The van der Waals surface area contributed by atoms with Crippen molar-refractivity contribution in [1.82, 2.24) is 24.5 Å². The van der Waals surface area contributed by atoms with Crippen molar-refractivity contribution in [3.63, 3.8) is 0 Å². The maximum atomic E-state index is 12.6. The predicted octanol–water partition coefficient (Wildman–Crippen LogP) is 1.56. The van der Waals surface area contributed by atoms with E-state index in [4.69, 9.17) is 4.74 Å². The number of methoxy groups -OCH3 is 1. The van der Waals surface area contributed by atoms with E-state index in [9.17, 15) is 8.42 Å². The van der Waals surface area contributed by atoms with Crippen molar-refractivity contribution in [2.75, 3.05) is 13.7 Å². The fraction of sp³-hybridized carbons (Fsp3) is 0.250. The molecule has 8 nitrogen and oxygen atoms in total. The van der Waals surface area contributed by atoms with Crippen LogP contribution in [0.4, 0.5) is 0 Å². The summed E-state index contributed by atoms with van der Waals surface area (Å²) >= 11 is 0. The van der Waals surface area contributed by atoms with E-state index in [1.807, 2.05) is 24.3 Å². The summed E-state index contributed by atoms with van der Waals surface area (Å²) in [6.45, 7) is 0.655. The first kappa shape index (κ1) is 15.9. The van der Waals surface area contributed by atoms with E-state index in [1.54, 1.807) is 7.11 Å². The molecule has 0 spiro atoms. The molecule has 0 atom stereocenters. The van der Waals surface area contributed by atoms with Crippen LogP contribution < -0.4 is 4.74 Å². The summed E-state index contributed by atoms with van der Waals surface area (Å²) in [7, 11) is -1.94. The second-order valence-electron chi connectivity index (χ2n) is 5.77. The van der Waals surface area contributed by atoms with Crippen LogP contribution in [0.1, 0.15) is 11.4 Å². The minimum Gasteiger partial charge on any atom is -0.497 e. The van der Waals surface area contributed by atoms with Crippen molar-refractivity contribution < 1.29 is 13.2 Å². The van der Waals surface area contributed by atoms with Crippen molar-refractivity contribution in [3.8, 4) is 17.1 Å². The van der Waals surface area contributed by atoms with Crippen LogP contribution in [-0.2, 0) is 23.0 Å². The molecule has 2 aromatic heterocycles. The molecule has 0 bridgehead atoms. The van der Waals surface area contributed by atoms with E-state index in [-0.39, 0.29) is 11.4 Å². The number of aromatic amines is 2. The van der Waals surface area contributed by atoms with Gasteiger partial charge in [0.25, 0.3) is 0 Å². The lowest BCUT2D eigenvalue weighted by molar-refractivity contribution is 0.385. The van der Waals surface area contributed by atoms with E-state index in [0.717, 1.165) is 22.7 Å². The van der Waals surface area contributed by atoms with E-state index in [1.165, 1.54) is 16.7 Å². The molecule has 1 aromatic carbocycles. The zero-order valence-electron chi connectivity index (χ0n) is 13.6. The van der Waals surface area contributed by atoms with Gasteiger partial charge >= 0.3 is 0 Å². The molecule has 0 radical (unpaired) electrons. The summed E-state index contributed by atoms with van der Waals surface area (Å²) in [4.78, 5) is 8.05. The first-order chi connectivity index (χ1) is 12.1. The van der Waals surface area contributed by atoms with Crippen LogP contribution in [0.25, 0.3) is 11.4 Å². The Morgan fingerprint density at radius 1 is 1.32 bits per heavy atom. The lowest BCUT2D eigenvalue weighted by Gasteiger charge is -2.24. The number of hydrogen-bond donors (Lipinski definition) is 2. The number of nitrogens with zero attached hydrogens (tertiary/aromatic N) is 3. The average Bonchev–Trinajstić information content (AvgIpc) is 3.31. The molecule has 0 saturated heterocycles. The van der Waals surface area contributed by atoms with E-state index < -0.39 is 10.0 Å². The molecule has 0 fully saturated rings. The molecule has 3 heterocycles. The average molecular weight is 359 g/mol. The molecule has 0 aliphatic carbocycles. The molecule has 0 amide bonds. The number of rotatable bonds is 4. The Bertz CT molecular complexity index is 995. The molecule has 1 aliphatic heterocycles. The number of aromatic nitrogens is 4. The van der Waals surface area contributed by atoms with Gasteiger partial charge in [0.15, 0.2) is 0 Å². The van der Waals surface area contributed by atoms with Gasteiger partial charge in [0.05, 0.1) is 31.2 Å². The zero-order valence-corrected chi connectivity index (χ0v) is 14.4. The largest absolute Gasteiger partial charge is 0.497 e. The molecule has 9 heteroatoms. The number of hydrogen-bond acceptors (Lipinski definition) is 5. The summed E-state index contributed by atoms with van der Waals surface area (Å²) in [5, 5.41) is 6.27. The van der Waals surface area contributed by atoms with Gasteiger partial charge in [0.2, 0.25) is 10.0 Å². The lowest BCUT2D eigenvalue weighted by atomic mass is 10.2. The number of nitrogens with one attached hydrogen (secondary N) is 2. The minimum absolute atomic E-state index is 0.170. The van der Waals surface area contributed by atoms with Crippen molar-refractivity contribution in [2.24, 2.45) is 0 Å². The molecular formula is C16H17N5O3S. The fourth-order valence-corrected chi connectivity index (χ4v) is 4.23. The number of sulfonamides is 1. The van der Waals surface area contributed by atoms with Crippen LogP contribution >= 0.6 is 0 Å². The molecule has 0 saturated carbocycles.